The first-order chi connectivity index (χ1) is 4.34. The van der Waals surface area contributed by atoms with Gasteiger partial charge in [0.1, 0.15) is 6.29 Å². The van der Waals surface area contributed by atoms with Gasteiger partial charge in [-0.1, -0.05) is 6.42 Å². The molecule has 0 heterocycles. The van der Waals surface area contributed by atoms with E-state index in [1.54, 1.807) is 0 Å². The molecule has 9 heavy (non-hydrogen) atoms. The van der Waals surface area contributed by atoms with Gasteiger partial charge in [-0.3, -0.25) is 4.90 Å². The second kappa shape index (κ2) is 2.97. The third-order valence-corrected chi connectivity index (χ3v) is 2.06. The molecule has 0 saturated heterocycles. The molecule has 1 saturated carbocycles. The van der Waals surface area contributed by atoms with Crippen molar-refractivity contribution >= 4 is 6.29 Å². The number of hydrogen-bond acceptors (Lipinski definition) is 2. The van der Waals surface area contributed by atoms with Crippen molar-refractivity contribution in [2.45, 2.75) is 25.3 Å². The number of carbonyl (C=O) groups is 1. The Morgan fingerprint density at radius 3 is 2.67 bits per heavy atom. The Balaban J connectivity index is 2.15. The Kier molecular flexibility index (Phi) is 2.22. The summed E-state index contributed by atoms with van der Waals surface area (Å²) in [5.74, 6) is 0. The van der Waals surface area contributed by atoms with Gasteiger partial charge in [-0.15, -0.1) is 0 Å². The molecule has 1 rings (SSSR count). The molecule has 0 N–H and O–H groups in total. The lowest BCUT2D eigenvalue weighted by molar-refractivity contribution is -0.109. The van der Waals surface area contributed by atoms with Gasteiger partial charge in [0.15, 0.2) is 0 Å². The van der Waals surface area contributed by atoms with E-state index in [4.69, 9.17) is 0 Å². The predicted molar refractivity (Wildman–Crippen MR) is 36.3 cm³/mol. The zero-order valence-corrected chi connectivity index (χ0v) is 5.84. The summed E-state index contributed by atoms with van der Waals surface area (Å²) in [6.07, 6.45) is 4.88. The van der Waals surface area contributed by atoms with Gasteiger partial charge in [-0.2, -0.15) is 0 Å². The Bertz CT molecular complexity index is 99.1. The third kappa shape index (κ3) is 1.52. The summed E-state index contributed by atoms with van der Waals surface area (Å²) in [6.45, 7) is 0.602. The van der Waals surface area contributed by atoms with Gasteiger partial charge in [-0.05, 0) is 19.9 Å². The SMILES string of the molecule is CN(CC=O)C1CCC1. The molecule has 1 aliphatic carbocycles. The molecule has 0 unspecified atom stereocenters. The molecule has 1 fully saturated rings. The van der Waals surface area contributed by atoms with Crippen molar-refractivity contribution < 1.29 is 4.79 Å². The second-order valence-corrected chi connectivity index (χ2v) is 2.69. The Morgan fingerprint density at radius 1 is 1.67 bits per heavy atom. The van der Waals surface area contributed by atoms with Crippen molar-refractivity contribution in [3.8, 4) is 0 Å². The van der Waals surface area contributed by atoms with E-state index in [0.717, 1.165) is 6.29 Å². The van der Waals surface area contributed by atoms with E-state index in [9.17, 15) is 4.79 Å². The molecule has 0 bridgehead atoms. The summed E-state index contributed by atoms with van der Waals surface area (Å²) in [4.78, 5) is 12.1. The molecule has 1 aliphatic rings. The van der Waals surface area contributed by atoms with E-state index in [-0.39, 0.29) is 0 Å². The fourth-order valence-corrected chi connectivity index (χ4v) is 1.09. The van der Waals surface area contributed by atoms with Crippen LogP contribution in [0.2, 0.25) is 0 Å². The summed E-state index contributed by atoms with van der Waals surface area (Å²) in [6, 6.07) is 0.704. The number of carbonyl (C=O) groups excluding carboxylic acids is 1. The van der Waals surface area contributed by atoms with Crippen molar-refractivity contribution in [3.63, 3.8) is 0 Å². The first-order valence-electron chi connectivity index (χ1n) is 3.48. The van der Waals surface area contributed by atoms with Gasteiger partial charge >= 0.3 is 0 Å². The molecule has 0 atom stereocenters. The summed E-state index contributed by atoms with van der Waals surface area (Å²) >= 11 is 0. The van der Waals surface area contributed by atoms with Crippen molar-refractivity contribution in [3.05, 3.63) is 0 Å². The number of hydrogen-bond donors (Lipinski definition) is 0. The Hall–Kier alpha value is -0.370. The second-order valence-electron chi connectivity index (χ2n) is 2.69. The van der Waals surface area contributed by atoms with Crippen LogP contribution in [-0.2, 0) is 4.79 Å². The van der Waals surface area contributed by atoms with Crippen LogP contribution >= 0.6 is 0 Å². The van der Waals surface area contributed by atoms with Crippen LogP contribution in [0, 0.1) is 0 Å². The summed E-state index contributed by atoms with van der Waals surface area (Å²) in [5.41, 5.74) is 0. The third-order valence-electron chi connectivity index (χ3n) is 2.06. The first kappa shape index (κ1) is 6.75. The minimum absolute atomic E-state index is 0.602. The van der Waals surface area contributed by atoms with Crippen LogP contribution in [0.15, 0.2) is 0 Å². The van der Waals surface area contributed by atoms with E-state index in [1.165, 1.54) is 19.3 Å². The van der Waals surface area contributed by atoms with Crippen molar-refractivity contribution in [1.29, 1.82) is 0 Å². The van der Waals surface area contributed by atoms with Gasteiger partial charge in [-0.25, -0.2) is 0 Å². The molecule has 0 spiro atoms. The van der Waals surface area contributed by atoms with Gasteiger partial charge in [0, 0.05) is 6.04 Å². The molecule has 0 aliphatic heterocycles. The van der Waals surface area contributed by atoms with Crippen LogP contribution in [0.1, 0.15) is 19.3 Å². The van der Waals surface area contributed by atoms with Crippen LogP contribution in [-0.4, -0.2) is 30.8 Å². The predicted octanol–water partition coefficient (Wildman–Crippen LogP) is 0.670. The van der Waals surface area contributed by atoms with Crippen LogP contribution < -0.4 is 0 Å². The van der Waals surface area contributed by atoms with Crippen LogP contribution in [0.3, 0.4) is 0 Å². The van der Waals surface area contributed by atoms with Gasteiger partial charge in [0.2, 0.25) is 0 Å². The first-order valence-corrected chi connectivity index (χ1v) is 3.48. The Labute approximate surface area is 55.8 Å². The zero-order chi connectivity index (χ0) is 6.69. The maximum atomic E-state index is 10.0. The van der Waals surface area contributed by atoms with Crippen molar-refractivity contribution in [1.82, 2.24) is 4.90 Å². The topological polar surface area (TPSA) is 20.3 Å². The number of nitrogens with zero attached hydrogens (tertiary/aromatic N) is 1. The molecular formula is C7H13NO. The molecule has 0 aromatic rings. The quantitative estimate of drug-likeness (QED) is 0.519. The standard InChI is InChI=1S/C7H13NO/c1-8(5-6-9)7-3-2-4-7/h6-7H,2-5H2,1H3. The minimum Gasteiger partial charge on any atom is -0.302 e. The lowest BCUT2D eigenvalue weighted by Gasteiger charge is -2.33. The zero-order valence-electron chi connectivity index (χ0n) is 5.84. The van der Waals surface area contributed by atoms with Crippen molar-refractivity contribution in [2.24, 2.45) is 0 Å². The minimum atomic E-state index is 0.602. The van der Waals surface area contributed by atoms with Crippen LogP contribution in [0.25, 0.3) is 0 Å². The monoisotopic (exact) mass is 127 g/mol. The molecule has 0 aromatic heterocycles. The molecule has 0 aromatic carbocycles. The highest BCUT2D eigenvalue weighted by atomic mass is 16.1. The van der Waals surface area contributed by atoms with Crippen molar-refractivity contribution in [2.75, 3.05) is 13.6 Å². The highest BCUT2D eigenvalue weighted by Gasteiger charge is 2.20. The number of likely N-dealkylation sites (N-methyl/N-ethyl adjacent to an activating group) is 1. The fraction of sp³-hybridized carbons (Fsp3) is 0.857. The smallest absolute Gasteiger partial charge is 0.133 e. The molecule has 52 valence electrons. The normalized spacial score (nSPS) is 19.8. The van der Waals surface area contributed by atoms with E-state index < -0.39 is 0 Å². The molecule has 2 nitrogen and oxygen atoms in total. The summed E-state index contributed by atoms with van der Waals surface area (Å²) < 4.78 is 0. The fourth-order valence-electron chi connectivity index (χ4n) is 1.09. The lowest BCUT2D eigenvalue weighted by Crippen LogP contribution is -2.38. The van der Waals surface area contributed by atoms with Gasteiger partial charge in [0.25, 0.3) is 0 Å². The Morgan fingerprint density at radius 2 is 2.33 bits per heavy atom. The summed E-state index contributed by atoms with van der Waals surface area (Å²) in [5, 5.41) is 0. The van der Waals surface area contributed by atoms with Crippen LogP contribution in [0.5, 0.6) is 0 Å². The lowest BCUT2D eigenvalue weighted by atomic mass is 9.92. The van der Waals surface area contributed by atoms with Gasteiger partial charge in [0.05, 0.1) is 6.54 Å². The molecule has 0 radical (unpaired) electrons. The largest absolute Gasteiger partial charge is 0.302 e. The average molecular weight is 127 g/mol. The number of aldehydes is 1. The van der Waals surface area contributed by atoms with E-state index >= 15 is 0 Å². The summed E-state index contributed by atoms with van der Waals surface area (Å²) in [7, 11) is 2.01. The highest BCUT2D eigenvalue weighted by molar-refractivity contribution is 5.51. The van der Waals surface area contributed by atoms with Gasteiger partial charge < -0.3 is 4.79 Å². The van der Waals surface area contributed by atoms with E-state index in [0.29, 0.717) is 12.6 Å². The maximum Gasteiger partial charge on any atom is 0.133 e. The van der Waals surface area contributed by atoms with E-state index in [2.05, 4.69) is 4.90 Å². The highest BCUT2D eigenvalue weighted by Crippen LogP contribution is 2.22. The average Bonchev–Trinajstić information content (AvgIpc) is 1.60. The molecular weight excluding hydrogens is 114 g/mol. The number of rotatable bonds is 3. The van der Waals surface area contributed by atoms with Crippen LogP contribution in [0.4, 0.5) is 0 Å². The molecule has 2 heteroatoms. The maximum absolute atomic E-state index is 10.0. The molecule has 0 amide bonds. The van der Waals surface area contributed by atoms with E-state index in [1.807, 2.05) is 7.05 Å².